The van der Waals surface area contributed by atoms with Gasteiger partial charge in [-0.1, -0.05) is 42.0 Å². The molecule has 0 spiro atoms. The van der Waals surface area contributed by atoms with Crippen LogP contribution in [0.2, 0.25) is 0 Å². The maximum atomic E-state index is 12.8. The number of likely N-dealkylation sites (tertiary alicyclic amines) is 1. The molecule has 5 nitrogen and oxygen atoms in total. The molecule has 0 N–H and O–H groups in total. The smallest absolute Gasteiger partial charge is 0.406 e. The van der Waals surface area contributed by atoms with Gasteiger partial charge in [-0.05, 0) is 30.2 Å². The Morgan fingerprint density at radius 3 is 2.30 bits per heavy atom. The average molecular weight is 420 g/mol. The van der Waals surface area contributed by atoms with Crippen molar-refractivity contribution in [1.82, 2.24) is 9.80 Å². The molecule has 0 aliphatic carbocycles. The lowest BCUT2D eigenvalue weighted by Gasteiger charge is -2.22. The van der Waals surface area contributed by atoms with E-state index in [9.17, 15) is 22.8 Å². The number of ether oxygens (including phenoxy) is 1. The highest BCUT2D eigenvalue weighted by Crippen LogP contribution is 2.25. The third-order valence-electron chi connectivity index (χ3n) is 5.01. The molecule has 0 radical (unpaired) electrons. The third-order valence-corrected chi connectivity index (χ3v) is 5.01. The summed E-state index contributed by atoms with van der Waals surface area (Å²) in [6, 6.07) is 13.3. The van der Waals surface area contributed by atoms with Crippen molar-refractivity contribution in [3.63, 3.8) is 0 Å². The van der Waals surface area contributed by atoms with Crippen LogP contribution in [0, 0.1) is 12.8 Å². The van der Waals surface area contributed by atoms with Crippen LogP contribution in [-0.2, 0) is 22.7 Å². The summed E-state index contributed by atoms with van der Waals surface area (Å²) in [7, 11) is 1.62. The number of carbonyl (C=O) groups excluding carboxylic acids is 2. The van der Waals surface area contributed by atoms with E-state index in [2.05, 4.69) is 4.74 Å². The van der Waals surface area contributed by atoms with E-state index in [0.717, 1.165) is 11.1 Å². The molecule has 1 unspecified atom stereocenters. The van der Waals surface area contributed by atoms with Crippen LogP contribution in [0.5, 0.6) is 5.75 Å². The predicted octanol–water partition coefficient (Wildman–Crippen LogP) is 3.90. The van der Waals surface area contributed by atoms with Crippen molar-refractivity contribution in [2.75, 3.05) is 13.6 Å². The second kappa shape index (κ2) is 8.77. The summed E-state index contributed by atoms with van der Waals surface area (Å²) >= 11 is 0. The van der Waals surface area contributed by atoms with Gasteiger partial charge in [0.15, 0.2) is 0 Å². The molecule has 2 aromatic rings. The van der Waals surface area contributed by atoms with Crippen LogP contribution >= 0.6 is 0 Å². The summed E-state index contributed by atoms with van der Waals surface area (Å²) in [5.41, 5.74) is 2.82. The summed E-state index contributed by atoms with van der Waals surface area (Å²) in [5.74, 6) is -0.962. The van der Waals surface area contributed by atoms with Crippen molar-refractivity contribution >= 4 is 11.8 Å². The van der Waals surface area contributed by atoms with E-state index in [1.807, 2.05) is 31.2 Å². The number of hydrogen-bond donors (Lipinski definition) is 0. The van der Waals surface area contributed by atoms with Crippen molar-refractivity contribution in [2.45, 2.75) is 32.8 Å². The molecule has 8 heteroatoms. The summed E-state index contributed by atoms with van der Waals surface area (Å²) in [6.07, 6.45) is -4.58. The molecule has 0 bridgehead atoms. The first-order chi connectivity index (χ1) is 14.1. The Balaban J connectivity index is 1.55. The van der Waals surface area contributed by atoms with Crippen molar-refractivity contribution in [3.05, 3.63) is 65.2 Å². The number of carbonyl (C=O) groups is 2. The monoisotopic (exact) mass is 420 g/mol. The third kappa shape index (κ3) is 5.75. The minimum atomic E-state index is -4.74. The molecular weight excluding hydrogens is 397 g/mol. The zero-order valence-corrected chi connectivity index (χ0v) is 16.8. The van der Waals surface area contributed by atoms with Crippen LogP contribution in [0.15, 0.2) is 48.5 Å². The molecule has 1 heterocycles. The van der Waals surface area contributed by atoms with E-state index in [1.165, 1.54) is 29.2 Å². The van der Waals surface area contributed by atoms with Crippen LogP contribution in [-0.4, -0.2) is 41.6 Å². The fraction of sp³-hybridized carbons (Fsp3) is 0.364. The molecular formula is C22H23F3N2O3. The zero-order chi connectivity index (χ0) is 21.9. The number of rotatable bonds is 6. The topological polar surface area (TPSA) is 49.9 Å². The van der Waals surface area contributed by atoms with Crippen LogP contribution < -0.4 is 4.74 Å². The molecule has 0 aromatic heterocycles. The predicted molar refractivity (Wildman–Crippen MR) is 104 cm³/mol. The molecule has 1 atom stereocenters. The molecule has 30 heavy (non-hydrogen) atoms. The summed E-state index contributed by atoms with van der Waals surface area (Å²) in [4.78, 5) is 28.3. The second-order valence-electron chi connectivity index (χ2n) is 7.55. The molecule has 1 aliphatic rings. The number of alkyl halides is 3. The van der Waals surface area contributed by atoms with Crippen LogP contribution in [0.25, 0.3) is 0 Å². The van der Waals surface area contributed by atoms with Crippen LogP contribution in [0.3, 0.4) is 0 Å². The lowest BCUT2D eigenvalue weighted by Crippen LogP contribution is -2.34. The van der Waals surface area contributed by atoms with Crippen molar-refractivity contribution < 1.29 is 27.5 Å². The Kier molecular flexibility index (Phi) is 6.34. The molecule has 1 aliphatic heterocycles. The lowest BCUT2D eigenvalue weighted by molar-refractivity contribution is -0.274. The number of amides is 2. The van der Waals surface area contributed by atoms with Gasteiger partial charge in [-0.3, -0.25) is 9.59 Å². The van der Waals surface area contributed by atoms with Crippen LogP contribution in [0.1, 0.15) is 23.1 Å². The average Bonchev–Trinajstić information content (AvgIpc) is 3.04. The summed E-state index contributed by atoms with van der Waals surface area (Å²) in [6.45, 7) is 3.04. The van der Waals surface area contributed by atoms with Gasteiger partial charge in [0, 0.05) is 33.1 Å². The minimum absolute atomic E-state index is 0.0593. The Labute approximate surface area is 173 Å². The first kappa shape index (κ1) is 21.7. The highest BCUT2D eigenvalue weighted by atomic mass is 19.4. The summed E-state index contributed by atoms with van der Waals surface area (Å²) < 4.78 is 40.6. The van der Waals surface area contributed by atoms with E-state index in [-0.39, 0.29) is 30.5 Å². The van der Waals surface area contributed by atoms with Gasteiger partial charge in [-0.25, -0.2) is 0 Å². The van der Waals surface area contributed by atoms with Gasteiger partial charge >= 0.3 is 6.36 Å². The summed E-state index contributed by atoms with van der Waals surface area (Å²) in [5, 5.41) is 0. The minimum Gasteiger partial charge on any atom is -0.406 e. The fourth-order valence-electron chi connectivity index (χ4n) is 3.46. The van der Waals surface area contributed by atoms with Crippen LogP contribution in [0.4, 0.5) is 13.2 Å². The van der Waals surface area contributed by atoms with Gasteiger partial charge in [-0.2, -0.15) is 0 Å². The normalized spacial score (nSPS) is 16.6. The standard InChI is InChI=1S/C22H23F3N2O3/c1-15-3-5-17(6-4-15)13-27-14-18(11-20(27)28)21(29)26(2)12-16-7-9-19(10-8-16)30-22(23,24)25/h3-10,18H,11-14H2,1-2H3. The Hall–Kier alpha value is -3.03. The number of halogens is 3. The largest absolute Gasteiger partial charge is 0.573 e. The molecule has 2 aromatic carbocycles. The van der Waals surface area contributed by atoms with Gasteiger partial charge in [0.2, 0.25) is 11.8 Å². The number of aryl methyl sites for hydroxylation is 1. The maximum absolute atomic E-state index is 12.8. The van der Waals surface area contributed by atoms with Crippen molar-refractivity contribution in [2.24, 2.45) is 5.92 Å². The highest BCUT2D eigenvalue weighted by Gasteiger charge is 2.35. The zero-order valence-electron chi connectivity index (χ0n) is 16.8. The van der Waals surface area contributed by atoms with Gasteiger partial charge < -0.3 is 14.5 Å². The van der Waals surface area contributed by atoms with Gasteiger partial charge in [0.05, 0.1) is 5.92 Å². The Bertz CT molecular complexity index is 895. The first-order valence-corrected chi connectivity index (χ1v) is 9.54. The first-order valence-electron chi connectivity index (χ1n) is 9.54. The molecule has 1 fully saturated rings. The van der Waals surface area contributed by atoms with E-state index < -0.39 is 12.3 Å². The number of nitrogens with zero attached hydrogens (tertiary/aromatic N) is 2. The maximum Gasteiger partial charge on any atom is 0.573 e. The molecule has 160 valence electrons. The van der Waals surface area contributed by atoms with Gasteiger partial charge in [0.25, 0.3) is 0 Å². The SMILES string of the molecule is Cc1ccc(CN2CC(C(=O)N(C)Cc3ccc(OC(F)(F)F)cc3)CC2=O)cc1. The molecule has 1 saturated heterocycles. The van der Waals surface area contributed by atoms with Gasteiger partial charge in [-0.15, -0.1) is 13.2 Å². The van der Waals surface area contributed by atoms with E-state index in [1.54, 1.807) is 11.9 Å². The lowest BCUT2D eigenvalue weighted by atomic mass is 10.1. The Morgan fingerprint density at radius 1 is 1.10 bits per heavy atom. The molecule has 0 saturated carbocycles. The number of hydrogen-bond acceptors (Lipinski definition) is 3. The Morgan fingerprint density at radius 2 is 1.70 bits per heavy atom. The van der Waals surface area contributed by atoms with Crippen molar-refractivity contribution in [3.8, 4) is 5.75 Å². The number of benzene rings is 2. The van der Waals surface area contributed by atoms with E-state index >= 15 is 0 Å². The quantitative estimate of drug-likeness (QED) is 0.712. The fourth-order valence-corrected chi connectivity index (χ4v) is 3.46. The van der Waals surface area contributed by atoms with E-state index in [4.69, 9.17) is 0 Å². The van der Waals surface area contributed by atoms with E-state index in [0.29, 0.717) is 18.7 Å². The molecule has 2 amide bonds. The second-order valence-corrected chi connectivity index (χ2v) is 7.55. The molecule has 3 rings (SSSR count). The van der Waals surface area contributed by atoms with Crippen molar-refractivity contribution in [1.29, 1.82) is 0 Å². The highest BCUT2D eigenvalue weighted by molar-refractivity contribution is 5.89. The van der Waals surface area contributed by atoms with Gasteiger partial charge in [0.1, 0.15) is 5.75 Å².